The van der Waals surface area contributed by atoms with Crippen LogP contribution in [-0.2, 0) is 9.53 Å². The first-order chi connectivity index (χ1) is 10.1. The fourth-order valence-corrected chi connectivity index (χ4v) is 1.66. The third-order valence-corrected chi connectivity index (χ3v) is 2.78. The number of unbranched alkanes of at least 4 members (excludes halogenated alkanes) is 2. The third-order valence-electron chi connectivity index (χ3n) is 2.78. The van der Waals surface area contributed by atoms with E-state index in [1.807, 2.05) is 6.07 Å². The van der Waals surface area contributed by atoms with Crippen LogP contribution < -0.4 is 5.32 Å². The van der Waals surface area contributed by atoms with Crippen LogP contribution in [0.2, 0.25) is 0 Å². The van der Waals surface area contributed by atoms with E-state index in [1.165, 1.54) is 13.2 Å². The number of hydrogen-bond donors (Lipinski definition) is 1. The highest BCUT2D eigenvalue weighted by molar-refractivity contribution is 5.68. The number of rotatable bonds is 8. The van der Waals surface area contributed by atoms with Gasteiger partial charge >= 0.3 is 5.97 Å². The molecule has 8 nitrogen and oxygen atoms in total. The van der Waals surface area contributed by atoms with E-state index in [0.29, 0.717) is 18.8 Å². The van der Waals surface area contributed by atoms with Crippen molar-refractivity contribution in [2.24, 2.45) is 0 Å². The highest BCUT2D eigenvalue weighted by Crippen LogP contribution is 2.18. The lowest BCUT2D eigenvalue weighted by Crippen LogP contribution is -2.06. The van der Waals surface area contributed by atoms with Gasteiger partial charge in [0.1, 0.15) is 23.6 Å². The van der Waals surface area contributed by atoms with Crippen LogP contribution >= 0.6 is 0 Å². The van der Waals surface area contributed by atoms with Gasteiger partial charge in [0.15, 0.2) is 0 Å². The first-order valence-electron chi connectivity index (χ1n) is 6.43. The summed E-state index contributed by atoms with van der Waals surface area (Å²) in [4.78, 5) is 24.8. The van der Waals surface area contributed by atoms with Gasteiger partial charge in [-0.15, -0.1) is 0 Å². The van der Waals surface area contributed by atoms with Crippen LogP contribution in [0.5, 0.6) is 0 Å². The van der Waals surface area contributed by atoms with Gasteiger partial charge in [-0.3, -0.25) is 14.9 Å². The lowest BCUT2D eigenvalue weighted by atomic mass is 10.2. The van der Waals surface area contributed by atoms with Crippen molar-refractivity contribution >= 4 is 17.5 Å². The zero-order chi connectivity index (χ0) is 15.7. The lowest BCUT2D eigenvalue weighted by Gasteiger charge is -2.06. The molecule has 1 aromatic heterocycles. The number of nitrogens with one attached hydrogen (secondary N) is 1. The van der Waals surface area contributed by atoms with Crippen LogP contribution in [0, 0.1) is 21.4 Å². The molecule has 0 atom stereocenters. The second-order valence-electron chi connectivity index (χ2n) is 4.27. The number of aromatic nitrogens is 1. The fraction of sp³-hybridized carbons (Fsp3) is 0.462. The van der Waals surface area contributed by atoms with Crippen LogP contribution in [0.1, 0.15) is 31.2 Å². The summed E-state index contributed by atoms with van der Waals surface area (Å²) in [6.07, 6.45) is 3.85. The van der Waals surface area contributed by atoms with Gasteiger partial charge in [-0.25, -0.2) is 4.98 Å². The largest absolute Gasteiger partial charge is 0.469 e. The van der Waals surface area contributed by atoms with Gasteiger partial charge in [0, 0.05) is 19.0 Å². The van der Waals surface area contributed by atoms with E-state index in [2.05, 4.69) is 15.0 Å². The molecule has 8 heteroatoms. The van der Waals surface area contributed by atoms with E-state index in [9.17, 15) is 14.9 Å². The number of anilines is 1. The molecule has 0 saturated heterocycles. The summed E-state index contributed by atoms with van der Waals surface area (Å²) < 4.78 is 4.53. The van der Waals surface area contributed by atoms with Crippen LogP contribution in [0.4, 0.5) is 11.5 Å². The quantitative estimate of drug-likeness (QED) is 0.337. The van der Waals surface area contributed by atoms with Gasteiger partial charge in [0.05, 0.1) is 12.0 Å². The summed E-state index contributed by atoms with van der Waals surface area (Å²) in [5.41, 5.74) is -0.0751. The van der Waals surface area contributed by atoms with E-state index in [1.54, 1.807) is 0 Å². The van der Waals surface area contributed by atoms with Crippen molar-refractivity contribution in [2.75, 3.05) is 19.0 Å². The Balaban J connectivity index is 2.40. The Labute approximate surface area is 121 Å². The second kappa shape index (κ2) is 8.47. The number of ether oxygens (including phenoxy) is 1. The van der Waals surface area contributed by atoms with Gasteiger partial charge in [-0.05, 0) is 12.8 Å². The number of carbonyl (C=O) groups is 1. The zero-order valence-electron chi connectivity index (χ0n) is 11.7. The summed E-state index contributed by atoms with van der Waals surface area (Å²) in [7, 11) is 1.35. The van der Waals surface area contributed by atoms with Gasteiger partial charge in [0.25, 0.3) is 5.69 Å². The summed E-state index contributed by atoms with van der Waals surface area (Å²) in [5.74, 6) is 0.0998. The first kappa shape index (κ1) is 16.4. The van der Waals surface area contributed by atoms with Crippen molar-refractivity contribution < 1.29 is 14.5 Å². The van der Waals surface area contributed by atoms with E-state index < -0.39 is 4.92 Å². The number of methoxy groups -OCH3 is 1. The van der Waals surface area contributed by atoms with Crippen molar-refractivity contribution in [3.63, 3.8) is 0 Å². The molecule has 0 spiro atoms. The minimum Gasteiger partial charge on any atom is -0.469 e. The maximum absolute atomic E-state index is 10.9. The molecule has 0 aliphatic rings. The average Bonchev–Trinajstić information content (AvgIpc) is 2.50. The Morgan fingerprint density at radius 3 is 2.90 bits per heavy atom. The molecule has 0 aliphatic heterocycles. The molecule has 1 rings (SSSR count). The second-order valence-corrected chi connectivity index (χ2v) is 4.27. The molecule has 1 aromatic rings. The zero-order valence-corrected chi connectivity index (χ0v) is 11.7. The molecule has 1 heterocycles. The van der Waals surface area contributed by atoms with Crippen molar-refractivity contribution in [2.45, 2.75) is 25.7 Å². The Kier molecular flexibility index (Phi) is 6.60. The molecule has 0 saturated carbocycles. The molecule has 112 valence electrons. The third kappa shape index (κ3) is 5.44. The van der Waals surface area contributed by atoms with E-state index in [4.69, 9.17) is 5.26 Å². The minimum atomic E-state index is -0.593. The predicted octanol–water partition coefficient (Wildman–Crippen LogP) is 2.01. The number of pyridine rings is 1. The molecule has 0 unspecified atom stereocenters. The smallest absolute Gasteiger partial charge is 0.305 e. The normalized spacial score (nSPS) is 9.71. The summed E-state index contributed by atoms with van der Waals surface area (Å²) in [6, 6.07) is 3.06. The number of esters is 1. The Morgan fingerprint density at radius 1 is 1.52 bits per heavy atom. The maximum atomic E-state index is 10.9. The number of nitriles is 1. The number of hydrogen-bond acceptors (Lipinski definition) is 7. The number of carbonyl (C=O) groups excluding carboxylic acids is 1. The molecule has 0 aliphatic carbocycles. The first-order valence-corrected chi connectivity index (χ1v) is 6.43. The molecule has 0 fully saturated rings. The summed E-state index contributed by atoms with van der Waals surface area (Å²) >= 11 is 0. The molecule has 21 heavy (non-hydrogen) atoms. The highest BCUT2D eigenvalue weighted by atomic mass is 16.6. The van der Waals surface area contributed by atoms with Crippen molar-refractivity contribution in [1.82, 2.24) is 4.98 Å². The Morgan fingerprint density at radius 2 is 2.29 bits per heavy atom. The van der Waals surface area contributed by atoms with Crippen molar-refractivity contribution in [3.05, 3.63) is 27.9 Å². The molecular formula is C13H16N4O4. The van der Waals surface area contributed by atoms with E-state index in [0.717, 1.165) is 25.5 Å². The molecule has 1 N–H and O–H groups in total. The molecule has 0 amide bonds. The summed E-state index contributed by atoms with van der Waals surface area (Å²) in [5, 5.41) is 22.5. The van der Waals surface area contributed by atoms with Crippen LogP contribution in [0.3, 0.4) is 0 Å². The van der Waals surface area contributed by atoms with Gasteiger partial charge in [-0.1, -0.05) is 6.42 Å². The van der Waals surface area contributed by atoms with Crippen molar-refractivity contribution in [1.29, 1.82) is 5.26 Å². The molecule has 0 aromatic carbocycles. The van der Waals surface area contributed by atoms with Gasteiger partial charge < -0.3 is 10.1 Å². The Bertz CT molecular complexity index is 554. The van der Waals surface area contributed by atoms with Crippen molar-refractivity contribution in [3.8, 4) is 6.07 Å². The maximum Gasteiger partial charge on any atom is 0.305 e. The fourth-order valence-electron chi connectivity index (χ4n) is 1.66. The minimum absolute atomic E-state index is 0.138. The Hall–Kier alpha value is -2.69. The van der Waals surface area contributed by atoms with Crippen LogP contribution in [0.15, 0.2) is 12.3 Å². The molecular weight excluding hydrogens is 276 g/mol. The topological polar surface area (TPSA) is 118 Å². The number of nitrogens with zero attached hydrogens (tertiary/aromatic N) is 3. The lowest BCUT2D eigenvalue weighted by molar-refractivity contribution is -0.385. The monoisotopic (exact) mass is 292 g/mol. The van der Waals surface area contributed by atoms with E-state index >= 15 is 0 Å². The number of nitro groups is 1. The van der Waals surface area contributed by atoms with Crippen LogP contribution in [-0.4, -0.2) is 29.5 Å². The average molecular weight is 292 g/mol. The summed E-state index contributed by atoms with van der Waals surface area (Å²) in [6.45, 7) is 0.570. The SMILES string of the molecule is COC(=O)CCCCCNc1ncc([N+](=O)[O-])cc1C#N. The standard InChI is InChI=1S/C13H16N4O4/c1-21-12(18)5-3-2-4-6-15-13-10(8-14)7-11(9-16-13)17(19)20/h7,9H,2-6H2,1H3,(H,15,16). The van der Waals surface area contributed by atoms with Gasteiger partial charge in [-0.2, -0.15) is 5.26 Å². The van der Waals surface area contributed by atoms with Gasteiger partial charge in [0.2, 0.25) is 0 Å². The molecule has 0 radical (unpaired) electrons. The highest BCUT2D eigenvalue weighted by Gasteiger charge is 2.11. The van der Waals surface area contributed by atoms with Crippen LogP contribution in [0.25, 0.3) is 0 Å². The molecule has 0 bridgehead atoms. The van der Waals surface area contributed by atoms with E-state index in [-0.39, 0.29) is 17.2 Å². The predicted molar refractivity (Wildman–Crippen MR) is 74.6 cm³/mol.